The van der Waals surface area contributed by atoms with E-state index in [4.69, 9.17) is 11.6 Å². The molecule has 0 aromatic heterocycles. The molecule has 20 heavy (non-hydrogen) atoms. The van der Waals surface area contributed by atoms with Crippen LogP contribution in [-0.4, -0.2) is 0 Å². The number of rotatable bonds is 5. The summed E-state index contributed by atoms with van der Waals surface area (Å²) in [5.41, 5.74) is 3.66. The number of para-hydroxylation sites is 1. The summed E-state index contributed by atoms with van der Waals surface area (Å²) < 4.78 is 1.00. The number of aryl methyl sites for hydroxylation is 1. The number of hydrogen-bond donors (Lipinski definition) is 1. The number of hydrogen-bond acceptors (Lipinski definition) is 1. The molecule has 3 heteroatoms. The molecule has 0 aliphatic rings. The molecule has 1 nitrogen and oxygen atoms in total. The second kappa shape index (κ2) is 7.14. The molecule has 2 aromatic carbocycles. The van der Waals surface area contributed by atoms with Crippen LogP contribution in [0.15, 0.2) is 46.9 Å². The minimum Gasteiger partial charge on any atom is -0.378 e. The zero-order valence-electron chi connectivity index (χ0n) is 11.8. The van der Waals surface area contributed by atoms with Crippen LogP contribution in [-0.2, 0) is 6.42 Å². The number of halogens is 2. The molecule has 0 amide bonds. The standard InChI is InChI=1S/C17H19BrClN/c1-3-6-13-7-4-5-8-17(13)20-12(2)15-10-9-14(18)11-16(15)19/h4-5,7-12,20H,3,6H2,1-2H3. The van der Waals surface area contributed by atoms with Crippen LogP contribution in [0.1, 0.15) is 37.4 Å². The van der Waals surface area contributed by atoms with Crippen molar-refractivity contribution in [2.75, 3.05) is 5.32 Å². The second-order valence-electron chi connectivity index (χ2n) is 4.94. The Morgan fingerprint density at radius 1 is 1.20 bits per heavy atom. The van der Waals surface area contributed by atoms with Crippen LogP contribution in [0.5, 0.6) is 0 Å². The summed E-state index contributed by atoms with van der Waals surface area (Å²) in [5, 5.41) is 4.36. The fourth-order valence-electron chi connectivity index (χ4n) is 2.31. The van der Waals surface area contributed by atoms with Gasteiger partial charge < -0.3 is 5.32 Å². The van der Waals surface area contributed by atoms with E-state index in [2.05, 4.69) is 65.4 Å². The average molecular weight is 353 g/mol. The molecular formula is C17H19BrClN. The van der Waals surface area contributed by atoms with Crippen molar-refractivity contribution in [2.24, 2.45) is 0 Å². The first-order chi connectivity index (χ1) is 9.61. The molecule has 0 spiro atoms. The molecule has 1 unspecified atom stereocenters. The lowest BCUT2D eigenvalue weighted by Crippen LogP contribution is -2.09. The Morgan fingerprint density at radius 3 is 2.65 bits per heavy atom. The number of benzene rings is 2. The van der Waals surface area contributed by atoms with E-state index >= 15 is 0 Å². The van der Waals surface area contributed by atoms with Crippen molar-refractivity contribution in [1.82, 2.24) is 0 Å². The maximum Gasteiger partial charge on any atom is 0.0500 e. The molecule has 0 heterocycles. The van der Waals surface area contributed by atoms with Gasteiger partial charge >= 0.3 is 0 Å². The average Bonchev–Trinajstić information content (AvgIpc) is 2.41. The first-order valence-corrected chi connectivity index (χ1v) is 8.08. The van der Waals surface area contributed by atoms with Crippen molar-refractivity contribution in [2.45, 2.75) is 32.7 Å². The molecular weight excluding hydrogens is 334 g/mol. The smallest absolute Gasteiger partial charge is 0.0500 e. The van der Waals surface area contributed by atoms with Crippen molar-refractivity contribution >= 4 is 33.2 Å². The summed E-state index contributed by atoms with van der Waals surface area (Å²) in [6, 6.07) is 14.7. The molecule has 0 saturated heterocycles. The third-order valence-corrected chi connectivity index (χ3v) is 4.16. The van der Waals surface area contributed by atoms with Crippen LogP contribution in [0.3, 0.4) is 0 Å². The Hall–Kier alpha value is -0.990. The Balaban J connectivity index is 2.21. The second-order valence-corrected chi connectivity index (χ2v) is 6.26. The van der Waals surface area contributed by atoms with Gasteiger partial charge in [-0.3, -0.25) is 0 Å². The first-order valence-electron chi connectivity index (χ1n) is 6.91. The topological polar surface area (TPSA) is 12.0 Å². The molecule has 0 aliphatic carbocycles. The van der Waals surface area contributed by atoms with Crippen LogP contribution in [0, 0.1) is 0 Å². The Bertz CT molecular complexity index is 583. The fraction of sp³-hybridized carbons (Fsp3) is 0.294. The zero-order valence-corrected chi connectivity index (χ0v) is 14.1. The molecule has 0 aliphatic heterocycles. The molecule has 2 aromatic rings. The van der Waals surface area contributed by atoms with Gasteiger partial charge in [0.25, 0.3) is 0 Å². The fourth-order valence-corrected chi connectivity index (χ4v) is 3.15. The predicted octanol–water partition coefficient (Wildman–Crippen LogP) is 6.23. The molecule has 1 N–H and O–H groups in total. The lowest BCUT2D eigenvalue weighted by molar-refractivity contribution is 0.867. The van der Waals surface area contributed by atoms with E-state index in [0.29, 0.717) is 0 Å². The maximum atomic E-state index is 6.32. The largest absolute Gasteiger partial charge is 0.378 e. The highest BCUT2D eigenvalue weighted by Crippen LogP contribution is 2.29. The maximum absolute atomic E-state index is 6.32. The summed E-state index contributed by atoms with van der Waals surface area (Å²) >= 11 is 9.76. The highest BCUT2D eigenvalue weighted by Gasteiger charge is 2.11. The first kappa shape index (κ1) is 15.4. The molecule has 2 rings (SSSR count). The summed E-state index contributed by atoms with van der Waals surface area (Å²) in [6.45, 7) is 4.34. The van der Waals surface area contributed by atoms with Crippen LogP contribution < -0.4 is 5.32 Å². The van der Waals surface area contributed by atoms with Crippen LogP contribution >= 0.6 is 27.5 Å². The van der Waals surface area contributed by atoms with Crippen molar-refractivity contribution in [3.63, 3.8) is 0 Å². The highest BCUT2D eigenvalue weighted by atomic mass is 79.9. The van der Waals surface area contributed by atoms with Gasteiger partial charge in [-0.1, -0.05) is 65.1 Å². The van der Waals surface area contributed by atoms with Gasteiger partial charge in [0, 0.05) is 15.2 Å². The third kappa shape index (κ3) is 3.77. The quantitative estimate of drug-likeness (QED) is 0.672. The van der Waals surface area contributed by atoms with E-state index in [-0.39, 0.29) is 6.04 Å². The summed E-state index contributed by atoms with van der Waals surface area (Å²) in [5.74, 6) is 0. The van der Waals surface area contributed by atoms with E-state index in [1.165, 1.54) is 11.3 Å². The molecule has 0 saturated carbocycles. The lowest BCUT2D eigenvalue weighted by atomic mass is 10.0. The predicted molar refractivity (Wildman–Crippen MR) is 91.6 cm³/mol. The van der Waals surface area contributed by atoms with Crippen molar-refractivity contribution in [3.8, 4) is 0 Å². The van der Waals surface area contributed by atoms with E-state index in [1.807, 2.05) is 12.1 Å². The SMILES string of the molecule is CCCc1ccccc1NC(C)c1ccc(Br)cc1Cl. The number of nitrogens with one attached hydrogen (secondary N) is 1. The normalized spacial score (nSPS) is 12.2. The van der Waals surface area contributed by atoms with Crippen molar-refractivity contribution < 1.29 is 0 Å². The molecule has 106 valence electrons. The van der Waals surface area contributed by atoms with Gasteiger partial charge in [0.2, 0.25) is 0 Å². The van der Waals surface area contributed by atoms with Gasteiger partial charge in [-0.2, -0.15) is 0 Å². The Morgan fingerprint density at radius 2 is 1.95 bits per heavy atom. The highest BCUT2D eigenvalue weighted by molar-refractivity contribution is 9.10. The zero-order chi connectivity index (χ0) is 14.5. The Kier molecular flexibility index (Phi) is 5.50. The van der Waals surface area contributed by atoms with Gasteiger partial charge in [-0.25, -0.2) is 0 Å². The number of anilines is 1. The molecule has 0 radical (unpaired) electrons. The van der Waals surface area contributed by atoms with Gasteiger partial charge in [-0.05, 0) is 42.7 Å². The molecule has 0 bridgehead atoms. The van der Waals surface area contributed by atoms with Crippen molar-refractivity contribution in [3.05, 3.63) is 63.1 Å². The minimum absolute atomic E-state index is 0.175. The lowest BCUT2D eigenvalue weighted by Gasteiger charge is -2.19. The molecule has 1 atom stereocenters. The minimum atomic E-state index is 0.175. The van der Waals surface area contributed by atoms with Gasteiger partial charge in [0.05, 0.1) is 6.04 Å². The van der Waals surface area contributed by atoms with E-state index in [9.17, 15) is 0 Å². The van der Waals surface area contributed by atoms with Gasteiger partial charge in [0.15, 0.2) is 0 Å². The third-order valence-electron chi connectivity index (χ3n) is 3.34. The van der Waals surface area contributed by atoms with E-state index in [0.717, 1.165) is 27.9 Å². The van der Waals surface area contributed by atoms with Gasteiger partial charge in [-0.15, -0.1) is 0 Å². The van der Waals surface area contributed by atoms with Crippen molar-refractivity contribution in [1.29, 1.82) is 0 Å². The van der Waals surface area contributed by atoms with E-state index in [1.54, 1.807) is 0 Å². The van der Waals surface area contributed by atoms with E-state index < -0.39 is 0 Å². The van der Waals surface area contributed by atoms with Crippen LogP contribution in [0.2, 0.25) is 5.02 Å². The summed E-state index contributed by atoms with van der Waals surface area (Å²) in [6.07, 6.45) is 2.23. The molecule has 0 fully saturated rings. The van der Waals surface area contributed by atoms with Gasteiger partial charge in [0.1, 0.15) is 0 Å². The summed E-state index contributed by atoms with van der Waals surface area (Å²) in [7, 11) is 0. The summed E-state index contributed by atoms with van der Waals surface area (Å²) in [4.78, 5) is 0. The monoisotopic (exact) mass is 351 g/mol. The van der Waals surface area contributed by atoms with Crippen LogP contribution in [0.4, 0.5) is 5.69 Å². The Labute approximate surface area is 134 Å². The van der Waals surface area contributed by atoms with Crippen LogP contribution in [0.25, 0.3) is 0 Å².